The molecule has 34 heavy (non-hydrogen) atoms. The lowest BCUT2D eigenvalue weighted by Crippen LogP contribution is -2.42. The molecular weight excluding hydrogens is 456 g/mol. The maximum Gasteiger partial charge on any atom is 0.274 e. The molecule has 10 heteroatoms. The van der Waals surface area contributed by atoms with E-state index in [1.807, 2.05) is 31.2 Å². The predicted octanol–water partition coefficient (Wildman–Crippen LogP) is 2.37. The van der Waals surface area contributed by atoms with Gasteiger partial charge in [0.15, 0.2) is 0 Å². The van der Waals surface area contributed by atoms with Gasteiger partial charge in [0.2, 0.25) is 20.9 Å². The number of hydrogen-bond acceptors (Lipinski definition) is 7. The quantitative estimate of drug-likeness (QED) is 0.487. The topological polar surface area (TPSA) is 133 Å². The molecule has 3 rings (SSSR count). The summed E-state index contributed by atoms with van der Waals surface area (Å²) < 4.78 is 29.3. The van der Waals surface area contributed by atoms with E-state index in [1.54, 1.807) is 31.2 Å². The summed E-state index contributed by atoms with van der Waals surface area (Å²) >= 11 is 0. The van der Waals surface area contributed by atoms with Gasteiger partial charge in [0.25, 0.3) is 5.91 Å². The molecule has 1 unspecified atom stereocenters. The van der Waals surface area contributed by atoms with Crippen LogP contribution in [-0.4, -0.2) is 48.5 Å². The van der Waals surface area contributed by atoms with E-state index in [4.69, 9.17) is 10.5 Å². The summed E-state index contributed by atoms with van der Waals surface area (Å²) in [6.45, 7) is 3.56. The van der Waals surface area contributed by atoms with Crippen LogP contribution in [0.5, 0.6) is 5.75 Å². The van der Waals surface area contributed by atoms with Crippen LogP contribution in [0.15, 0.2) is 59.9 Å². The highest BCUT2D eigenvalue weighted by Gasteiger charge is 2.33. The number of amides is 2. The van der Waals surface area contributed by atoms with Gasteiger partial charge in [-0.25, -0.2) is 18.4 Å². The molecule has 0 bridgehead atoms. The third-order valence-electron chi connectivity index (χ3n) is 5.21. The minimum absolute atomic E-state index is 0.0293. The number of methoxy groups -OCH3 is 1. The van der Waals surface area contributed by atoms with Gasteiger partial charge in [0, 0.05) is 19.0 Å². The molecule has 0 aliphatic carbocycles. The molecule has 2 aromatic carbocycles. The van der Waals surface area contributed by atoms with Crippen LogP contribution in [0.3, 0.4) is 0 Å². The van der Waals surface area contributed by atoms with Gasteiger partial charge in [-0.3, -0.25) is 9.59 Å². The molecule has 178 valence electrons. The second-order valence-corrected chi connectivity index (χ2v) is 9.87. The molecule has 1 aromatic heterocycles. The largest absolute Gasteiger partial charge is 0.497 e. The van der Waals surface area contributed by atoms with Gasteiger partial charge < -0.3 is 15.4 Å². The number of rotatable bonds is 8. The molecule has 0 radical (unpaired) electrons. The van der Waals surface area contributed by atoms with Crippen molar-refractivity contribution in [2.24, 2.45) is 5.73 Å². The van der Waals surface area contributed by atoms with Crippen molar-refractivity contribution in [2.75, 3.05) is 13.4 Å². The van der Waals surface area contributed by atoms with Crippen LogP contribution >= 0.6 is 0 Å². The lowest BCUT2D eigenvalue weighted by Gasteiger charge is -2.30. The summed E-state index contributed by atoms with van der Waals surface area (Å²) in [6.07, 6.45) is 2.23. The lowest BCUT2D eigenvalue weighted by atomic mass is 10.0. The van der Waals surface area contributed by atoms with E-state index in [9.17, 15) is 18.0 Å². The summed E-state index contributed by atoms with van der Waals surface area (Å²) in [5.41, 5.74) is 8.26. The van der Waals surface area contributed by atoms with Crippen LogP contribution in [0.4, 0.5) is 0 Å². The lowest BCUT2D eigenvalue weighted by molar-refractivity contribution is -0.122. The van der Waals surface area contributed by atoms with Crippen molar-refractivity contribution in [3.05, 3.63) is 82.7 Å². The number of sulfone groups is 1. The van der Waals surface area contributed by atoms with Crippen molar-refractivity contribution in [1.82, 2.24) is 14.9 Å². The Balaban J connectivity index is 2.17. The average molecular weight is 483 g/mol. The molecule has 9 nitrogen and oxygen atoms in total. The van der Waals surface area contributed by atoms with Crippen molar-refractivity contribution in [1.29, 1.82) is 0 Å². The molecule has 2 amide bonds. The van der Waals surface area contributed by atoms with Crippen LogP contribution in [0.25, 0.3) is 0 Å². The maximum atomic E-state index is 13.8. The molecular formula is C24H26N4O5S. The Labute approximate surface area is 198 Å². The van der Waals surface area contributed by atoms with Crippen LogP contribution in [-0.2, 0) is 21.2 Å². The second-order valence-electron chi connectivity index (χ2n) is 7.96. The van der Waals surface area contributed by atoms with E-state index in [2.05, 4.69) is 9.97 Å². The third kappa shape index (κ3) is 5.57. The number of primary amides is 1. The van der Waals surface area contributed by atoms with Gasteiger partial charge in [-0.05, 0) is 42.7 Å². The molecule has 2 N–H and O–H groups in total. The van der Waals surface area contributed by atoms with Gasteiger partial charge in [-0.15, -0.1) is 0 Å². The SMILES string of the molecule is COc1cccc(C(C(N)=O)N(Cc2ccc(C)cc2)C(=O)c2nc(S(C)(=O)=O)ncc2C)c1. The average Bonchev–Trinajstić information content (AvgIpc) is 2.79. The number of carbonyl (C=O) groups excluding carboxylic acids is 2. The highest BCUT2D eigenvalue weighted by Crippen LogP contribution is 2.28. The van der Waals surface area contributed by atoms with Crippen molar-refractivity contribution in [2.45, 2.75) is 31.6 Å². The van der Waals surface area contributed by atoms with Crippen LogP contribution in [0.1, 0.15) is 38.8 Å². The summed E-state index contributed by atoms with van der Waals surface area (Å²) in [4.78, 5) is 35.6. The van der Waals surface area contributed by atoms with Crippen molar-refractivity contribution in [3.8, 4) is 5.75 Å². The first-order chi connectivity index (χ1) is 16.0. The van der Waals surface area contributed by atoms with Crippen molar-refractivity contribution in [3.63, 3.8) is 0 Å². The van der Waals surface area contributed by atoms with E-state index in [-0.39, 0.29) is 12.2 Å². The molecule has 0 saturated heterocycles. The van der Waals surface area contributed by atoms with E-state index < -0.39 is 32.8 Å². The number of carbonyl (C=O) groups is 2. The Bertz CT molecular complexity index is 1320. The zero-order chi connectivity index (χ0) is 25.0. The standard InChI is InChI=1S/C24H26N4O5S/c1-15-8-10-17(11-9-15)14-28(21(22(25)29)18-6-5-7-19(12-18)33-3)23(30)20-16(2)13-26-24(27-20)34(4,31)32/h5-13,21H,14H2,1-4H3,(H2,25,29). The van der Waals surface area contributed by atoms with Gasteiger partial charge in [0.1, 0.15) is 17.5 Å². The summed E-state index contributed by atoms with van der Waals surface area (Å²) in [5.74, 6) is -0.926. The number of nitrogens with zero attached hydrogens (tertiary/aromatic N) is 3. The summed E-state index contributed by atoms with van der Waals surface area (Å²) in [5, 5.41) is -0.478. The smallest absolute Gasteiger partial charge is 0.274 e. The van der Waals surface area contributed by atoms with Gasteiger partial charge in [-0.1, -0.05) is 42.0 Å². The predicted molar refractivity (Wildman–Crippen MR) is 126 cm³/mol. The molecule has 1 atom stereocenters. The maximum absolute atomic E-state index is 13.8. The van der Waals surface area contributed by atoms with Gasteiger partial charge in [0.05, 0.1) is 7.11 Å². The Morgan fingerprint density at radius 1 is 1.12 bits per heavy atom. The molecule has 1 heterocycles. The normalized spacial score (nSPS) is 12.1. The molecule has 0 aliphatic rings. The van der Waals surface area contributed by atoms with E-state index in [1.165, 1.54) is 18.2 Å². The summed E-state index contributed by atoms with van der Waals surface area (Å²) in [7, 11) is -2.27. The number of aryl methyl sites for hydroxylation is 2. The van der Waals surface area contributed by atoms with Crippen molar-refractivity contribution >= 4 is 21.7 Å². The van der Waals surface area contributed by atoms with Crippen LogP contribution in [0.2, 0.25) is 0 Å². The number of ether oxygens (including phenoxy) is 1. The zero-order valence-corrected chi connectivity index (χ0v) is 20.2. The highest BCUT2D eigenvalue weighted by molar-refractivity contribution is 7.90. The third-order valence-corrected chi connectivity index (χ3v) is 6.07. The first kappa shape index (κ1) is 24.8. The molecule has 0 saturated carbocycles. The molecule has 0 spiro atoms. The van der Waals surface area contributed by atoms with Gasteiger partial charge in [-0.2, -0.15) is 0 Å². The number of benzene rings is 2. The van der Waals surface area contributed by atoms with Crippen LogP contribution in [0, 0.1) is 13.8 Å². The minimum atomic E-state index is -3.76. The Morgan fingerprint density at radius 3 is 2.38 bits per heavy atom. The second kappa shape index (κ2) is 10.0. The number of nitrogens with two attached hydrogens (primary N) is 1. The highest BCUT2D eigenvalue weighted by atomic mass is 32.2. The molecule has 0 fully saturated rings. The minimum Gasteiger partial charge on any atom is -0.497 e. The van der Waals surface area contributed by atoms with E-state index in [0.29, 0.717) is 16.9 Å². The number of aromatic nitrogens is 2. The fourth-order valence-electron chi connectivity index (χ4n) is 3.44. The fourth-order valence-corrected chi connectivity index (χ4v) is 3.94. The first-order valence-electron chi connectivity index (χ1n) is 10.3. The Morgan fingerprint density at radius 2 is 1.79 bits per heavy atom. The number of hydrogen-bond donors (Lipinski definition) is 1. The fraction of sp³-hybridized carbons (Fsp3) is 0.250. The van der Waals surface area contributed by atoms with Crippen LogP contribution < -0.4 is 10.5 Å². The molecule has 3 aromatic rings. The molecule has 0 aliphatic heterocycles. The zero-order valence-electron chi connectivity index (χ0n) is 19.3. The Hall–Kier alpha value is -3.79. The van der Waals surface area contributed by atoms with Gasteiger partial charge >= 0.3 is 0 Å². The monoisotopic (exact) mass is 482 g/mol. The van der Waals surface area contributed by atoms with E-state index in [0.717, 1.165) is 17.4 Å². The first-order valence-corrected chi connectivity index (χ1v) is 12.2. The summed E-state index contributed by atoms with van der Waals surface area (Å²) in [6, 6.07) is 13.0. The van der Waals surface area contributed by atoms with E-state index >= 15 is 0 Å². The Kier molecular flexibility index (Phi) is 7.31. The van der Waals surface area contributed by atoms with Crippen molar-refractivity contribution < 1.29 is 22.7 Å².